The van der Waals surface area contributed by atoms with Crippen molar-refractivity contribution in [2.75, 3.05) is 13.2 Å². The minimum absolute atomic E-state index is 0.0493. The van der Waals surface area contributed by atoms with Gasteiger partial charge in [-0.05, 0) is 49.4 Å². The van der Waals surface area contributed by atoms with E-state index >= 15 is 0 Å². The lowest BCUT2D eigenvalue weighted by molar-refractivity contribution is -0.143. The lowest BCUT2D eigenvalue weighted by Crippen LogP contribution is -2.60. The summed E-state index contributed by atoms with van der Waals surface area (Å²) >= 11 is 0. The average Bonchev–Trinajstić information content (AvgIpc) is 3.89. The summed E-state index contributed by atoms with van der Waals surface area (Å²) in [4.78, 5) is 161. The van der Waals surface area contributed by atoms with Crippen LogP contribution in [0.2, 0.25) is 0 Å². The molecule has 3 rings (SSSR count). The number of aliphatic carboxylic acids is 3. The van der Waals surface area contributed by atoms with E-state index in [-0.39, 0.29) is 25.0 Å². The molecule has 0 saturated heterocycles. The van der Waals surface area contributed by atoms with Gasteiger partial charge in [-0.15, -0.1) is 0 Å². The zero-order chi connectivity index (χ0) is 56.5. The number of carbonyl (C=O) groups excluding carboxylic acids is 9. The number of hydrogen-bond donors (Lipinski definition) is 16. The van der Waals surface area contributed by atoms with E-state index in [0.29, 0.717) is 16.8 Å². The van der Waals surface area contributed by atoms with Crippen LogP contribution in [0.4, 0.5) is 0 Å². The molecule has 0 radical (unpaired) electrons. The second-order valence-corrected chi connectivity index (χ2v) is 17.2. The summed E-state index contributed by atoms with van der Waals surface area (Å²) in [6, 6.07) is 0.678. The predicted molar refractivity (Wildman–Crippen MR) is 261 cm³/mol. The molecule has 18 N–H and O–H groups in total. The van der Waals surface area contributed by atoms with Crippen molar-refractivity contribution in [3.63, 3.8) is 0 Å². The van der Waals surface area contributed by atoms with Crippen LogP contribution in [-0.4, -0.2) is 168 Å². The van der Waals surface area contributed by atoms with E-state index in [0.717, 1.165) is 6.92 Å². The molecule has 0 aliphatic rings. The Labute approximate surface area is 433 Å². The van der Waals surface area contributed by atoms with Gasteiger partial charge in [0, 0.05) is 50.4 Å². The molecule has 76 heavy (non-hydrogen) atoms. The Bertz CT molecular complexity index is 2510. The number of phenols is 1. The highest BCUT2D eigenvalue weighted by Crippen LogP contribution is 2.13. The number of nitrogens with two attached hydrogens (primary N) is 2. The highest BCUT2D eigenvalue weighted by molar-refractivity contribution is 5.98. The maximum absolute atomic E-state index is 14.0. The molecule has 0 aliphatic heterocycles. The molecule has 9 amide bonds. The summed E-state index contributed by atoms with van der Waals surface area (Å²) in [6.45, 7) is -0.656. The number of nitrogens with zero attached hydrogens (tertiary/aromatic N) is 1. The van der Waals surface area contributed by atoms with Crippen LogP contribution in [0.3, 0.4) is 0 Å². The lowest BCUT2D eigenvalue weighted by Gasteiger charge is -2.27. The normalized spacial score (nSPS) is 14.0. The summed E-state index contributed by atoms with van der Waals surface area (Å²) in [7, 11) is 0. The number of imidazole rings is 1. The van der Waals surface area contributed by atoms with Gasteiger partial charge in [-0.3, -0.25) is 52.7 Å². The second-order valence-electron chi connectivity index (χ2n) is 17.2. The molecule has 1 aromatic heterocycles. The number of rotatable bonds is 33. The molecule has 0 aliphatic carbocycles. The maximum atomic E-state index is 14.0. The third kappa shape index (κ3) is 22.0. The number of aromatic nitrogens is 2. The fourth-order valence-electron chi connectivity index (χ4n) is 6.98. The molecule has 0 bridgehead atoms. The Balaban J connectivity index is 1.77. The molecule has 8 atom stereocenters. The smallest absolute Gasteiger partial charge is 0.326 e. The number of aliphatic hydroxyl groups is 1. The van der Waals surface area contributed by atoms with Crippen molar-refractivity contribution in [3.8, 4) is 5.75 Å². The fraction of sp³-hybridized carbons (Fsp3) is 0.426. The molecule has 3 aromatic rings. The number of benzene rings is 2. The van der Waals surface area contributed by atoms with Crippen LogP contribution in [0, 0.1) is 0 Å². The van der Waals surface area contributed by atoms with Gasteiger partial charge in [0.1, 0.15) is 48.0 Å². The lowest BCUT2D eigenvalue weighted by atomic mass is 10.0. The average molecular weight is 1070 g/mol. The molecule has 29 heteroatoms. The summed E-state index contributed by atoms with van der Waals surface area (Å²) < 4.78 is 0. The number of primary amides is 1. The quantitative estimate of drug-likeness (QED) is 0.0272. The van der Waals surface area contributed by atoms with Gasteiger partial charge in [0.2, 0.25) is 53.2 Å². The number of aromatic hydroxyl groups is 1. The van der Waals surface area contributed by atoms with Gasteiger partial charge in [0.05, 0.1) is 25.5 Å². The zero-order valence-corrected chi connectivity index (χ0v) is 41.0. The third-order valence-electron chi connectivity index (χ3n) is 11.1. The molecular formula is C47H62N12O17. The van der Waals surface area contributed by atoms with E-state index in [9.17, 15) is 83.1 Å². The molecule has 2 aromatic carbocycles. The molecule has 0 fully saturated rings. The number of carbonyl (C=O) groups is 12. The van der Waals surface area contributed by atoms with E-state index in [1.807, 2.05) is 0 Å². The summed E-state index contributed by atoms with van der Waals surface area (Å²) in [5.74, 6) is -13.8. The standard InChI is InChI=1S/C47H62N12O17/c1-24(53-46(74)35(22-60)59-42(70)30(11-14-36(49)62)54-37(63)21-51-41(69)29(48)19-27-20-50-23-52-27)40(68)55-31(12-15-38(64)65)43(71)57-33(17-26-7-9-28(61)10-8-26)45(73)56-32(13-16-39(66)67)44(72)58-34(47(75)76)18-25-5-3-2-4-6-25/h2-10,20,23-24,29-35,60-61H,11-19,21-22,48H2,1H3,(H2,49,62)(H,50,52)(H,51,69)(H,53,74)(H,54,63)(H,55,68)(H,56,73)(H,57,71)(H,58,72)(H,59,70)(H,64,65)(H,66,67)(H,75,76)/t24-,29-,30-,31-,32-,33-,34-,35-/m0/s1. The molecule has 0 spiro atoms. The molecule has 1 heterocycles. The van der Waals surface area contributed by atoms with Crippen LogP contribution < -0.4 is 54.0 Å². The molecule has 0 saturated carbocycles. The fourth-order valence-corrected chi connectivity index (χ4v) is 6.98. The highest BCUT2D eigenvalue weighted by atomic mass is 16.4. The Kier molecular flexibility index (Phi) is 24.9. The number of H-pyrrole nitrogens is 1. The van der Waals surface area contributed by atoms with Crippen LogP contribution in [0.15, 0.2) is 67.1 Å². The number of aliphatic hydroxyl groups excluding tert-OH is 1. The first-order valence-corrected chi connectivity index (χ1v) is 23.5. The van der Waals surface area contributed by atoms with Gasteiger partial charge < -0.3 is 84.5 Å². The van der Waals surface area contributed by atoms with E-state index in [1.165, 1.54) is 36.8 Å². The number of hydrogen-bond acceptors (Lipinski definition) is 16. The van der Waals surface area contributed by atoms with Crippen LogP contribution in [0.1, 0.15) is 62.3 Å². The van der Waals surface area contributed by atoms with E-state index in [1.54, 1.807) is 30.3 Å². The van der Waals surface area contributed by atoms with Gasteiger partial charge in [-0.2, -0.15) is 0 Å². The highest BCUT2D eigenvalue weighted by Gasteiger charge is 2.34. The van der Waals surface area contributed by atoms with E-state index in [4.69, 9.17) is 11.5 Å². The van der Waals surface area contributed by atoms with Crippen LogP contribution in [0.25, 0.3) is 0 Å². The number of nitrogens with one attached hydrogen (secondary N) is 9. The van der Waals surface area contributed by atoms with Crippen molar-refractivity contribution in [3.05, 3.63) is 83.9 Å². The zero-order valence-electron chi connectivity index (χ0n) is 41.0. The first-order valence-electron chi connectivity index (χ1n) is 23.5. The first kappa shape index (κ1) is 61.3. The number of carboxylic acids is 3. The van der Waals surface area contributed by atoms with Gasteiger partial charge in [-0.1, -0.05) is 42.5 Å². The van der Waals surface area contributed by atoms with Crippen molar-refractivity contribution < 1.29 is 83.1 Å². The van der Waals surface area contributed by atoms with Gasteiger partial charge in [0.15, 0.2) is 0 Å². The van der Waals surface area contributed by atoms with Gasteiger partial charge in [-0.25, -0.2) is 9.78 Å². The van der Waals surface area contributed by atoms with Crippen molar-refractivity contribution in [2.45, 2.75) is 113 Å². The second kappa shape index (κ2) is 30.9. The van der Waals surface area contributed by atoms with Crippen molar-refractivity contribution >= 4 is 71.1 Å². The molecule has 0 unspecified atom stereocenters. The predicted octanol–water partition coefficient (Wildman–Crippen LogP) is -4.93. The van der Waals surface area contributed by atoms with Crippen molar-refractivity contribution in [1.82, 2.24) is 52.5 Å². The topological polar surface area (TPSA) is 483 Å². The van der Waals surface area contributed by atoms with Crippen molar-refractivity contribution in [2.24, 2.45) is 11.5 Å². The van der Waals surface area contributed by atoms with Gasteiger partial charge >= 0.3 is 17.9 Å². The van der Waals surface area contributed by atoms with E-state index < -0.39 is 171 Å². The van der Waals surface area contributed by atoms with Gasteiger partial charge in [0.25, 0.3) is 0 Å². The monoisotopic (exact) mass is 1070 g/mol. The summed E-state index contributed by atoms with van der Waals surface area (Å²) in [5, 5.41) is 67.1. The minimum atomic E-state index is -1.82. The van der Waals surface area contributed by atoms with Crippen LogP contribution in [-0.2, 0) is 76.8 Å². The first-order chi connectivity index (χ1) is 35.9. The summed E-state index contributed by atoms with van der Waals surface area (Å²) in [6.07, 6.45) is -1.14. The Morgan fingerprint density at radius 2 is 1.04 bits per heavy atom. The Hall–Kier alpha value is -8.99. The Morgan fingerprint density at radius 3 is 1.57 bits per heavy atom. The number of amides is 9. The largest absolute Gasteiger partial charge is 0.508 e. The summed E-state index contributed by atoms with van der Waals surface area (Å²) in [5.41, 5.74) is 12.5. The Morgan fingerprint density at radius 1 is 0.566 bits per heavy atom. The number of phenolic OH excluding ortho intramolecular Hbond substituents is 1. The van der Waals surface area contributed by atoms with Crippen LogP contribution in [0.5, 0.6) is 5.75 Å². The van der Waals surface area contributed by atoms with E-state index in [2.05, 4.69) is 52.5 Å². The molecule has 29 nitrogen and oxygen atoms in total. The number of carboxylic acid groups (broad SMARTS) is 3. The van der Waals surface area contributed by atoms with Crippen LogP contribution >= 0.6 is 0 Å². The molecular weight excluding hydrogens is 1000 g/mol. The maximum Gasteiger partial charge on any atom is 0.326 e. The van der Waals surface area contributed by atoms with Crippen molar-refractivity contribution in [1.29, 1.82) is 0 Å². The molecule has 412 valence electrons. The minimum Gasteiger partial charge on any atom is -0.508 e. The SMILES string of the molecule is C[C@H](NC(=O)[C@H](CO)NC(=O)[C@H](CCC(N)=O)NC(=O)CNC(=O)[C@@H](N)Cc1cnc[nH]1)C(=O)N[C@@H](CCC(=O)O)C(=O)N[C@@H](Cc1ccc(O)cc1)C(=O)N[C@@H](CCC(=O)O)C(=O)N[C@@H](Cc1ccccc1)C(=O)O. The number of aromatic amines is 1. The third-order valence-corrected chi connectivity index (χ3v) is 11.1.